The number of benzene rings is 2. The first-order valence-electron chi connectivity index (χ1n) is 10.0. The van der Waals surface area contributed by atoms with Crippen LogP contribution >= 0.6 is 15.9 Å². The first kappa shape index (κ1) is 24.5. The molecule has 34 heavy (non-hydrogen) atoms. The zero-order valence-electron chi connectivity index (χ0n) is 18.3. The van der Waals surface area contributed by atoms with Gasteiger partial charge in [0.25, 0.3) is 5.56 Å². The Balaban J connectivity index is 1.85. The van der Waals surface area contributed by atoms with Crippen molar-refractivity contribution in [1.82, 2.24) is 9.97 Å². The van der Waals surface area contributed by atoms with E-state index in [9.17, 15) is 14.9 Å². The van der Waals surface area contributed by atoms with E-state index >= 15 is 0 Å². The third-order valence-electron chi connectivity index (χ3n) is 4.39. The van der Waals surface area contributed by atoms with Crippen molar-refractivity contribution in [2.75, 3.05) is 25.7 Å². The zero-order chi connectivity index (χ0) is 24.5. The highest BCUT2D eigenvalue weighted by atomic mass is 79.9. The zero-order valence-corrected chi connectivity index (χ0v) is 19.9. The van der Waals surface area contributed by atoms with Gasteiger partial charge in [-0.25, -0.2) is 15.2 Å². The molecule has 10 nitrogen and oxygen atoms in total. The molecule has 1 heterocycles. The lowest BCUT2D eigenvalue weighted by molar-refractivity contribution is -0.142. The molecule has 0 aliphatic carbocycles. The second-order valence-electron chi connectivity index (χ2n) is 6.60. The summed E-state index contributed by atoms with van der Waals surface area (Å²) in [6.45, 7) is 1.93. The summed E-state index contributed by atoms with van der Waals surface area (Å²) in [6, 6.07) is 14.1. The molecule has 0 bridgehead atoms. The Labute approximate surface area is 203 Å². The molecule has 1 aromatic heterocycles. The topological polar surface area (TPSA) is 139 Å². The Morgan fingerprint density at radius 2 is 2.00 bits per heavy atom. The molecule has 0 aliphatic rings. The Morgan fingerprint density at radius 3 is 2.68 bits per heavy atom. The molecule has 0 amide bonds. The molecule has 3 rings (SSSR count). The van der Waals surface area contributed by atoms with Crippen LogP contribution in [0.5, 0.6) is 11.5 Å². The highest BCUT2D eigenvalue weighted by Crippen LogP contribution is 2.33. The second-order valence-corrected chi connectivity index (χ2v) is 7.46. The maximum Gasteiger partial charge on any atom is 0.343 e. The van der Waals surface area contributed by atoms with E-state index in [1.165, 1.54) is 13.3 Å². The molecule has 2 N–H and O–H groups in total. The predicted molar refractivity (Wildman–Crippen MR) is 129 cm³/mol. The summed E-state index contributed by atoms with van der Waals surface area (Å²) in [7, 11) is 1.27. The second kappa shape index (κ2) is 11.6. The van der Waals surface area contributed by atoms with Crippen molar-refractivity contribution in [2.24, 2.45) is 5.10 Å². The van der Waals surface area contributed by atoms with Crippen LogP contribution in [0.4, 0.5) is 5.95 Å². The van der Waals surface area contributed by atoms with E-state index in [2.05, 4.69) is 41.2 Å². The molecule has 2 aromatic carbocycles. The number of halogens is 1. The number of anilines is 1. The van der Waals surface area contributed by atoms with Gasteiger partial charge in [0.1, 0.15) is 11.6 Å². The number of nitrogens with one attached hydrogen (secondary N) is 2. The van der Waals surface area contributed by atoms with E-state index in [1.54, 1.807) is 36.4 Å². The maximum atomic E-state index is 12.4. The lowest BCUT2D eigenvalue weighted by Gasteiger charge is -2.13. The highest BCUT2D eigenvalue weighted by molar-refractivity contribution is 9.10. The summed E-state index contributed by atoms with van der Waals surface area (Å²) in [6.07, 6.45) is 1.48. The minimum Gasteiger partial charge on any atom is -0.490 e. The van der Waals surface area contributed by atoms with Crippen LogP contribution in [0.2, 0.25) is 0 Å². The van der Waals surface area contributed by atoms with Crippen molar-refractivity contribution in [3.63, 3.8) is 0 Å². The first-order valence-corrected chi connectivity index (χ1v) is 10.8. The van der Waals surface area contributed by atoms with Gasteiger partial charge in [0.15, 0.2) is 18.1 Å². The summed E-state index contributed by atoms with van der Waals surface area (Å²) in [5.74, 6) is 0.313. The number of hydrogen-bond donors (Lipinski definition) is 2. The number of nitrogens with zero attached hydrogens (tertiary/aromatic N) is 3. The van der Waals surface area contributed by atoms with Crippen molar-refractivity contribution in [3.8, 4) is 28.8 Å². The standard InChI is InChI=1S/C23H20BrN5O5/c1-3-33-18-9-15(17(24)10-19(18)34-13-20(30)32-2)12-26-29-23-27-21(14-7-5-4-6-8-14)16(11-25)22(31)28-23/h4-10,12H,3,13H2,1-2H3,(H2,27,28,29,31). The van der Waals surface area contributed by atoms with Crippen LogP contribution in [0, 0.1) is 11.3 Å². The highest BCUT2D eigenvalue weighted by Gasteiger charge is 2.14. The molecule has 3 aromatic rings. The van der Waals surface area contributed by atoms with Crippen LogP contribution in [-0.4, -0.2) is 42.5 Å². The van der Waals surface area contributed by atoms with Crippen molar-refractivity contribution < 1.29 is 19.0 Å². The number of methoxy groups -OCH3 is 1. The molecule has 0 fully saturated rings. The smallest absolute Gasteiger partial charge is 0.343 e. The lowest BCUT2D eigenvalue weighted by Crippen LogP contribution is -2.16. The van der Waals surface area contributed by atoms with Gasteiger partial charge in [0, 0.05) is 15.6 Å². The van der Waals surface area contributed by atoms with Gasteiger partial charge in [-0.05, 0) is 35.0 Å². The van der Waals surface area contributed by atoms with Crippen molar-refractivity contribution in [3.05, 3.63) is 68.4 Å². The number of ether oxygens (including phenoxy) is 3. The molecule has 11 heteroatoms. The largest absolute Gasteiger partial charge is 0.490 e. The van der Waals surface area contributed by atoms with E-state index in [4.69, 9.17) is 9.47 Å². The van der Waals surface area contributed by atoms with E-state index in [0.29, 0.717) is 33.7 Å². The first-order chi connectivity index (χ1) is 16.5. The summed E-state index contributed by atoms with van der Waals surface area (Å²) in [5, 5.41) is 13.5. The summed E-state index contributed by atoms with van der Waals surface area (Å²) >= 11 is 3.44. The van der Waals surface area contributed by atoms with Gasteiger partial charge in [0.2, 0.25) is 5.95 Å². The number of hydrogen-bond acceptors (Lipinski definition) is 9. The normalized spacial score (nSPS) is 10.5. The fraction of sp³-hybridized carbons (Fsp3) is 0.174. The predicted octanol–water partition coefficient (Wildman–Crippen LogP) is 3.47. The van der Waals surface area contributed by atoms with Crippen LogP contribution in [0.15, 0.2) is 56.8 Å². The average molecular weight is 526 g/mol. The number of nitriles is 1. The van der Waals surface area contributed by atoms with E-state index < -0.39 is 11.5 Å². The third kappa shape index (κ3) is 5.99. The Kier molecular flexibility index (Phi) is 8.37. The molecule has 174 valence electrons. The summed E-state index contributed by atoms with van der Waals surface area (Å²) in [4.78, 5) is 30.6. The van der Waals surface area contributed by atoms with Crippen LogP contribution in [-0.2, 0) is 9.53 Å². The van der Waals surface area contributed by atoms with Crippen molar-refractivity contribution >= 4 is 34.1 Å². The average Bonchev–Trinajstić information content (AvgIpc) is 2.84. The summed E-state index contributed by atoms with van der Waals surface area (Å²) < 4.78 is 16.3. The number of aromatic nitrogens is 2. The van der Waals surface area contributed by atoms with Gasteiger partial charge < -0.3 is 14.2 Å². The molecular formula is C23H20BrN5O5. The number of rotatable bonds is 9. The van der Waals surface area contributed by atoms with Gasteiger partial charge in [-0.1, -0.05) is 30.3 Å². The Bertz CT molecular complexity index is 1300. The van der Waals surface area contributed by atoms with Crippen molar-refractivity contribution in [2.45, 2.75) is 6.92 Å². The van der Waals surface area contributed by atoms with Crippen LogP contribution in [0.25, 0.3) is 11.3 Å². The van der Waals surface area contributed by atoms with Gasteiger partial charge in [-0.15, -0.1) is 0 Å². The van der Waals surface area contributed by atoms with Gasteiger partial charge in [-0.2, -0.15) is 10.4 Å². The monoisotopic (exact) mass is 525 g/mol. The molecule has 0 spiro atoms. The molecule has 0 saturated carbocycles. The SMILES string of the molecule is CCOc1cc(C=NNc2nc(-c3ccccc3)c(C#N)c(=O)[nH]2)c(Br)cc1OCC(=O)OC. The van der Waals surface area contributed by atoms with E-state index in [-0.39, 0.29) is 23.8 Å². The number of carbonyl (C=O) groups is 1. The van der Waals surface area contributed by atoms with E-state index in [0.717, 1.165) is 0 Å². The van der Waals surface area contributed by atoms with Crippen LogP contribution in [0.3, 0.4) is 0 Å². The fourth-order valence-corrected chi connectivity index (χ4v) is 3.25. The lowest BCUT2D eigenvalue weighted by atomic mass is 10.1. The minimum atomic E-state index is -0.582. The van der Waals surface area contributed by atoms with Gasteiger partial charge in [-0.3, -0.25) is 9.78 Å². The fourth-order valence-electron chi connectivity index (χ4n) is 2.82. The number of esters is 1. The van der Waals surface area contributed by atoms with Gasteiger partial charge >= 0.3 is 5.97 Å². The molecular weight excluding hydrogens is 506 g/mol. The van der Waals surface area contributed by atoms with Crippen LogP contribution < -0.4 is 20.5 Å². The Hall–Kier alpha value is -4.17. The van der Waals surface area contributed by atoms with Crippen molar-refractivity contribution in [1.29, 1.82) is 5.26 Å². The summed E-state index contributed by atoms with van der Waals surface area (Å²) in [5.41, 5.74) is 3.50. The number of aromatic amines is 1. The number of H-pyrrole nitrogens is 1. The van der Waals surface area contributed by atoms with Crippen LogP contribution in [0.1, 0.15) is 18.1 Å². The molecule has 0 saturated heterocycles. The molecule has 0 atom stereocenters. The molecule has 0 unspecified atom stereocenters. The number of carbonyl (C=O) groups excluding carboxylic acids is 1. The van der Waals surface area contributed by atoms with Gasteiger partial charge in [0.05, 0.1) is 25.6 Å². The molecule has 0 radical (unpaired) electrons. The maximum absolute atomic E-state index is 12.4. The quantitative estimate of drug-likeness (QED) is 0.246. The third-order valence-corrected chi connectivity index (χ3v) is 5.08. The van der Waals surface area contributed by atoms with E-state index in [1.807, 2.05) is 19.1 Å². The molecule has 0 aliphatic heterocycles. The minimum absolute atomic E-state index is 0.0679. The number of hydrazone groups is 1. The Morgan fingerprint density at radius 1 is 1.26 bits per heavy atom.